The third kappa shape index (κ3) is 3.14. The zero-order valence-electron chi connectivity index (χ0n) is 13.6. The molecule has 0 spiro atoms. The number of rotatable bonds is 4. The average molecular weight is 375 g/mol. The van der Waals surface area contributed by atoms with E-state index in [4.69, 9.17) is 0 Å². The normalized spacial score (nSPS) is 11.0. The predicted octanol–water partition coefficient (Wildman–Crippen LogP) is 3.51. The molecule has 1 aromatic carbocycles. The van der Waals surface area contributed by atoms with E-state index in [0.29, 0.717) is 12.4 Å². The Hall–Kier alpha value is -2.15. The molecule has 0 aliphatic heterocycles. The number of nitrogens with zero attached hydrogens (tertiary/aromatic N) is 4. The number of H-pyrrole nitrogens is 1. The number of benzene rings is 1. The summed E-state index contributed by atoms with van der Waals surface area (Å²) in [5, 5.41) is 15.0. The Kier molecular flexibility index (Phi) is 4.21. The Morgan fingerprint density at radius 3 is 2.65 bits per heavy atom. The van der Waals surface area contributed by atoms with Crippen LogP contribution in [0.1, 0.15) is 22.8 Å². The number of nitrogens with one attached hydrogen (secondary N) is 2. The molecule has 0 amide bonds. The number of aromatic nitrogens is 5. The molecular weight excluding hydrogens is 356 g/mol. The molecular formula is C16H19BrN6. The van der Waals surface area contributed by atoms with E-state index in [9.17, 15) is 0 Å². The zero-order chi connectivity index (χ0) is 16.6. The van der Waals surface area contributed by atoms with Crippen LogP contribution in [0.15, 0.2) is 22.7 Å². The van der Waals surface area contributed by atoms with E-state index in [2.05, 4.69) is 60.6 Å². The van der Waals surface area contributed by atoms with Gasteiger partial charge < -0.3 is 5.32 Å². The highest BCUT2D eigenvalue weighted by atomic mass is 79.9. The fourth-order valence-electron chi connectivity index (χ4n) is 2.47. The lowest BCUT2D eigenvalue weighted by molar-refractivity contribution is 0.712. The van der Waals surface area contributed by atoms with Crippen molar-refractivity contribution in [2.45, 2.75) is 27.3 Å². The minimum Gasteiger partial charge on any atom is -0.379 e. The second-order valence-corrected chi connectivity index (χ2v) is 6.39. The van der Waals surface area contributed by atoms with Crippen molar-refractivity contribution in [1.29, 1.82) is 0 Å². The van der Waals surface area contributed by atoms with E-state index < -0.39 is 0 Å². The van der Waals surface area contributed by atoms with E-state index in [1.54, 1.807) is 0 Å². The summed E-state index contributed by atoms with van der Waals surface area (Å²) in [4.78, 5) is 4.39. The molecule has 3 aromatic rings. The SMILES string of the molecule is Cc1nc(-c2ccc(C)c(NCc3c(Br)c(C)nn3C)c2)n[nH]1. The van der Waals surface area contributed by atoms with Crippen LogP contribution in [0.2, 0.25) is 0 Å². The van der Waals surface area contributed by atoms with Gasteiger partial charge in [0.15, 0.2) is 5.82 Å². The Morgan fingerprint density at radius 2 is 2.04 bits per heavy atom. The van der Waals surface area contributed by atoms with Crippen molar-refractivity contribution in [3.63, 3.8) is 0 Å². The molecule has 120 valence electrons. The van der Waals surface area contributed by atoms with Gasteiger partial charge in [0.2, 0.25) is 0 Å². The first-order chi connectivity index (χ1) is 11.0. The quantitative estimate of drug-likeness (QED) is 0.732. The smallest absolute Gasteiger partial charge is 0.181 e. The second-order valence-electron chi connectivity index (χ2n) is 5.60. The highest BCUT2D eigenvalue weighted by molar-refractivity contribution is 9.10. The van der Waals surface area contributed by atoms with Gasteiger partial charge in [0, 0.05) is 18.3 Å². The highest BCUT2D eigenvalue weighted by Gasteiger charge is 2.11. The Morgan fingerprint density at radius 1 is 1.26 bits per heavy atom. The summed E-state index contributed by atoms with van der Waals surface area (Å²) in [6.45, 7) is 6.66. The third-order valence-electron chi connectivity index (χ3n) is 3.80. The van der Waals surface area contributed by atoms with Crippen molar-refractivity contribution in [3.8, 4) is 11.4 Å². The molecule has 3 rings (SSSR count). The standard InChI is InChI=1S/C16H19BrN6/c1-9-5-6-12(16-19-11(3)20-21-16)7-13(9)18-8-14-15(17)10(2)22-23(14)4/h5-7,18H,8H2,1-4H3,(H,19,20,21). The molecule has 0 radical (unpaired) electrons. The molecule has 0 atom stereocenters. The highest BCUT2D eigenvalue weighted by Crippen LogP contribution is 2.25. The molecule has 0 fully saturated rings. The molecule has 0 bridgehead atoms. The van der Waals surface area contributed by atoms with Gasteiger partial charge in [-0.05, 0) is 48.3 Å². The number of anilines is 1. The molecule has 0 unspecified atom stereocenters. The molecule has 2 N–H and O–H groups in total. The molecule has 0 aliphatic carbocycles. The van der Waals surface area contributed by atoms with Crippen LogP contribution in [0.4, 0.5) is 5.69 Å². The van der Waals surface area contributed by atoms with Gasteiger partial charge in [-0.1, -0.05) is 12.1 Å². The van der Waals surface area contributed by atoms with Crippen molar-refractivity contribution in [1.82, 2.24) is 25.0 Å². The van der Waals surface area contributed by atoms with Gasteiger partial charge in [-0.3, -0.25) is 9.78 Å². The molecule has 0 saturated heterocycles. The number of hydrogen-bond donors (Lipinski definition) is 2. The number of aryl methyl sites for hydroxylation is 4. The maximum atomic E-state index is 4.42. The van der Waals surface area contributed by atoms with Gasteiger partial charge >= 0.3 is 0 Å². The Balaban J connectivity index is 1.85. The largest absolute Gasteiger partial charge is 0.379 e. The Labute approximate surface area is 143 Å². The summed E-state index contributed by atoms with van der Waals surface area (Å²) in [6, 6.07) is 6.19. The van der Waals surface area contributed by atoms with Gasteiger partial charge in [0.05, 0.1) is 22.4 Å². The minimum atomic E-state index is 0.690. The van der Waals surface area contributed by atoms with Crippen molar-refractivity contribution in [2.24, 2.45) is 7.05 Å². The van der Waals surface area contributed by atoms with Crippen LogP contribution in [-0.2, 0) is 13.6 Å². The van der Waals surface area contributed by atoms with Crippen molar-refractivity contribution in [2.75, 3.05) is 5.32 Å². The monoisotopic (exact) mass is 374 g/mol. The van der Waals surface area contributed by atoms with Gasteiger partial charge in [0.25, 0.3) is 0 Å². The molecule has 0 aliphatic rings. The van der Waals surface area contributed by atoms with Crippen LogP contribution >= 0.6 is 15.9 Å². The lowest BCUT2D eigenvalue weighted by Crippen LogP contribution is -2.07. The summed E-state index contributed by atoms with van der Waals surface area (Å²) in [7, 11) is 1.95. The number of hydrogen-bond acceptors (Lipinski definition) is 4. The molecule has 2 aromatic heterocycles. The van der Waals surface area contributed by atoms with E-state index >= 15 is 0 Å². The maximum Gasteiger partial charge on any atom is 0.181 e. The second kappa shape index (κ2) is 6.16. The maximum absolute atomic E-state index is 4.42. The van der Waals surface area contributed by atoms with E-state index in [1.165, 1.54) is 5.56 Å². The van der Waals surface area contributed by atoms with Crippen molar-refractivity contribution < 1.29 is 0 Å². The van der Waals surface area contributed by atoms with Gasteiger partial charge in [-0.15, -0.1) is 0 Å². The molecule has 2 heterocycles. The van der Waals surface area contributed by atoms with Crippen LogP contribution < -0.4 is 5.32 Å². The molecule has 6 nitrogen and oxygen atoms in total. The topological polar surface area (TPSA) is 71.4 Å². The molecule has 0 saturated carbocycles. The predicted molar refractivity (Wildman–Crippen MR) is 94.3 cm³/mol. The first-order valence-corrected chi connectivity index (χ1v) is 8.17. The summed E-state index contributed by atoms with van der Waals surface area (Å²) >= 11 is 3.60. The first kappa shape index (κ1) is 15.7. The van der Waals surface area contributed by atoms with E-state index in [-0.39, 0.29) is 0 Å². The van der Waals surface area contributed by atoms with E-state index in [0.717, 1.165) is 32.9 Å². The van der Waals surface area contributed by atoms with Crippen LogP contribution in [0.25, 0.3) is 11.4 Å². The molecule has 7 heteroatoms. The summed E-state index contributed by atoms with van der Waals surface area (Å²) < 4.78 is 2.94. The lowest BCUT2D eigenvalue weighted by Gasteiger charge is -2.11. The average Bonchev–Trinajstić information content (AvgIpc) is 3.04. The molecule has 23 heavy (non-hydrogen) atoms. The summed E-state index contributed by atoms with van der Waals surface area (Å²) in [5.74, 6) is 1.52. The van der Waals surface area contributed by atoms with E-state index in [1.807, 2.05) is 31.6 Å². The van der Waals surface area contributed by atoms with Crippen LogP contribution in [0.5, 0.6) is 0 Å². The fourth-order valence-corrected chi connectivity index (χ4v) is 2.95. The van der Waals surface area contributed by atoms with Crippen molar-refractivity contribution >= 4 is 21.6 Å². The number of aromatic amines is 1. The zero-order valence-corrected chi connectivity index (χ0v) is 15.2. The fraction of sp³-hybridized carbons (Fsp3) is 0.312. The van der Waals surface area contributed by atoms with Gasteiger partial charge in [-0.2, -0.15) is 10.2 Å². The van der Waals surface area contributed by atoms with Gasteiger partial charge in [0.1, 0.15) is 5.82 Å². The van der Waals surface area contributed by atoms with Crippen molar-refractivity contribution in [3.05, 3.63) is 45.4 Å². The third-order valence-corrected chi connectivity index (χ3v) is 4.83. The van der Waals surface area contributed by atoms with Crippen LogP contribution in [-0.4, -0.2) is 25.0 Å². The summed E-state index contributed by atoms with van der Waals surface area (Å²) in [6.07, 6.45) is 0. The van der Waals surface area contributed by atoms with Crippen LogP contribution in [0.3, 0.4) is 0 Å². The number of halogens is 1. The summed E-state index contributed by atoms with van der Waals surface area (Å²) in [5.41, 5.74) is 5.33. The lowest BCUT2D eigenvalue weighted by atomic mass is 10.1. The van der Waals surface area contributed by atoms with Crippen LogP contribution in [0, 0.1) is 20.8 Å². The van der Waals surface area contributed by atoms with Gasteiger partial charge in [-0.25, -0.2) is 4.98 Å². The Bertz CT molecular complexity index is 848. The minimum absolute atomic E-state index is 0.690. The first-order valence-electron chi connectivity index (χ1n) is 7.37.